The molecule has 0 aliphatic carbocycles. The van der Waals surface area contributed by atoms with Crippen molar-refractivity contribution in [2.75, 3.05) is 32.6 Å². The average Bonchev–Trinajstić information content (AvgIpc) is 2.56. The summed E-state index contributed by atoms with van der Waals surface area (Å²) in [6, 6.07) is 8.43. The van der Waals surface area contributed by atoms with Crippen molar-refractivity contribution in [3.8, 4) is 5.75 Å². The zero-order chi connectivity index (χ0) is 15.1. The Balaban J connectivity index is 2.10. The Kier molecular flexibility index (Phi) is 6.33. The number of rotatable bonds is 6. The van der Waals surface area contributed by atoms with Crippen molar-refractivity contribution in [1.29, 1.82) is 0 Å². The fraction of sp³-hybridized carbons (Fsp3) is 0.562. The number of alkyl halides is 1. The van der Waals surface area contributed by atoms with E-state index >= 15 is 0 Å². The van der Waals surface area contributed by atoms with E-state index in [1.807, 2.05) is 12.1 Å². The van der Waals surface area contributed by atoms with Gasteiger partial charge in [-0.15, -0.1) is 11.6 Å². The van der Waals surface area contributed by atoms with Crippen LogP contribution < -0.4 is 15.0 Å². The summed E-state index contributed by atoms with van der Waals surface area (Å²) in [7, 11) is 1.67. The van der Waals surface area contributed by atoms with Crippen LogP contribution in [0, 0.1) is 0 Å². The normalized spacial score (nSPS) is 17.2. The highest BCUT2D eigenvalue weighted by molar-refractivity contribution is 6.27. The largest absolute Gasteiger partial charge is 0.497 e. The topological polar surface area (TPSA) is 42.8 Å². The van der Waals surface area contributed by atoms with E-state index in [0.717, 1.165) is 18.8 Å². The number of likely N-dealkylation sites (tertiary alicyclic amines) is 1. The molecule has 1 aliphatic heterocycles. The van der Waals surface area contributed by atoms with Gasteiger partial charge in [0.2, 0.25) is 5.91 Å². The van der Waals surface area contributed by atoms with Crippen LogP contribution in [0.4, 0.5) is 0 Å². The summed E-state index contributed by atoms with van der Waals surface area (Å²) < 4.78 is 5.22. The van der Waals surface area contributed by atoms with E-state index in [1.165, 1.54) is 24.8 Å². The fourth-order valence-electron chi connectivity index (χ4n) is 2.95. The number of hydrogen-bond donors (Lipinski definition) is 2. The van der Waals surface area contributed by atoms with Crippen LogP contribution in [0.5, 0.6) is 5.75 Å². The summed E-state index contributed by atoms with van der Waals surface area (Å²) in [6.45, 7) is 2.95. The number of carbonyl (C=O) groups is 1. The standard InChI is InChI=1S/C16H23ClN2O2/c1-21-14-7-5-13(6-8-14)15(12-18-16(20)11-17)19-9-3-2-4-10-19/h5-8,15H,2-4,9-12H2,1H3,(H,18,20)/p+1/t15-/m0/s1. The van der Waals surface area contributed by atoms with E-state index in [-0.39, 0.29) is 17.8 Å². The number of piperidine rings is 1. The molecule has 1 saturated heterocycles. The number of methoxy groups -OCH3 is 1. The van der Waals surface area contributed by atoms with E-state index in [1.54, 1.807) is 12.0 Å². The molecule has 0 bridgehead atoms. The van der Waals surface area contributed by atoms with Crippen molar-refractivity contribution >= 4 is 17.5 Å². The number of halogens is 1. The van der Waals surface area contributed by atoms with Crippen LogP contribution in [0.25, 0.3) is 0 Å². The fourth-order valence-corrected chi connectivity index (χ4v) is 3.05. The quantitative estimate of drug-likeness (QED) is 0.774. The van der Waals surface area contributed by atoms with Gasteiger partial charge in [0.05, 0.1) is 26.7 Å². The number of benzene rings is 1. The van der Waals surface area contributed by atoms with Gasteiger partial charge in [0.1, 0.15) is 17.7 Å². The Hall–Kier alpha value is -1.26. The lowest BCUT2D eigenvalue weighted by Crippen LogP contribution is -3.13. The first-order chi connectivity index (χ1) is 10.2. The second-order valence-corrected chi connectivity index (χ2v) is 5.75. The first-order valence-corrected chi connectivity index (χ1v) is 8.09. The number of amides is 1. The summed E-state index contributed by atoms with van der Waals surface area (Å²) in [5, 5.41) is 2.93. The van der Waals surface area contributed by atoms with Crippen LogP contribution in [0.3, 0.4) is 0 Å². The van der Waals surface area contributed by atoms with E-state index in [2.05, 4.69) is 17.4 Å². The van der Waals surface area contributed by atoms with Crippen molar-refractivity contribution < 1.29 is 14.4 Å². The first kappa shape index (κ1) is 16.1. The van der Waals surface area contributed by atoms with E-state index in [9.17, 15) is 4.79 Å². The predicted molar refractivity (Wildman–Crippen MR) is 84.0 cm³/mol. The highest BCUT2D eigenvalue weighted by Gasteiger charge is 2.26. The van der Waals surface area contributed by atoms with Crippen LogP contribution in [-0.2, 0) is 4.79 Å². The molecule has 4 nitrogen and oxygen atoms in total. The molecule has 1 aromatic rings. The zero-order valence-corrected chi connectivity index (χ0v) is 13.3. The van der Waals surface area contributed by atoms with Crippen molar-refractivity contribution in [1.82, 2.24) is 5.32 Å². The van der Waals surface area contributed by atoms with Gasteiger partial charge in [-0.05, 0) is 43.5 Å². The highest BCUT2D eigenvalue weighted by atomic mass is 35.5. The van der Waals surface area contributed by atoms with Crippen molar-refractivity contribution in [2.24, 2.45) is 0 Å². The summed E-state index contributed by atoms with van der Waals surface area (Å²) in [6.07, 6.45) is 3.82. The molecule has 0 radical (unpaired) electrons. The van der Waals surface area contributed by atoms with Crippen LogP contribution in [0.1, 0.15) is 30.9 Å². The van der Waals surface area contributed by atoms with Crippen LogP contribution in [0.15, 0.2) is 24.3 Å². The monoisotopic (exact) mass is 311 g/mol. The number of ether oxygens (including phenoxy) is 1. The molecule has 0 spiro atoms. The summed E-state index contributed by atoms with van der Waals surface area (Å²) >= 11 is 5.57. The van der Waals surface area contributed by atoms with E-state index in [4.69, 9.17) is 16.3 Å². The summed E-state index contributed by atoms with van der Waals surface area (Å²) in [5.74, 6) is 0.771. The Bertz CT molecular complexity index is 444. The molecule has 1 aromatic carbocycles. The third-order valence-corrected chi connectivity index (χ3v) is 4.37. The molecular weight excluding hydrogens is 288 g/mol. The maximum Gasteiger partial charge on any atom is 0.235 e. The number of hydrogen-bond acceptors (Lipinski definition) is 2. The van der Waals surface area contributed by atoms with Gasteiger partial charge < -0.3 is 15.0 Å². The second kappa shape index (κ2) is 8.25. The molecule has 1 atom stereocenters. The molecule has 21 heavy (non-hydrogen) atoms. The van der Waals surface area contributed by atoms with Crippen LogP contribution in [-0.4, -0.2) is 38.5 Å². The van der Waals surface area contributed by atoms with Gasteiger partial charge in [-0.25, -0.2) is 0 Å². The van der Waals surface area contributed by atoms with Gasteiger partial charge in [-0.2, -0.15) is 0 Å². The number of quaternary nitrogens is 1. The minimum atomic E-state index is -0.105. The average molecular weight is 312 g/mol. The third kappa shape index (κ3) is 4.61. The Morgan fingerprint density at radius 3 is 2.52 bits per heavy atom. The van der Waals surface area contributed by atoms with Crippen molar-refractivity contribution in [2.45, 2.75) is 25.3 Å². The SMILES string of the molecule is COc1ccc([C@H](CNC(=O)CCl)[NH+]2CCCCC2)cc1. The lowest BCUT2D eigenvalue weighted by Gasteiger charge is -2.32. The Morgan fingerprint density at radius 1 is 1.29 bits per heavy atom. The molecular formula is C16H24ClN2O2+. The molecule has 0 aromatic heterocycles. The van der Waals surface area contributed by atoms with Gasteiger partial charge in [-0.3, -0.25) is 4.79 Å². The molecule has 0 saturated carbocycles. The van der Waals surface area contributed by atoms with Crippen LogP contribution >= 0.6 is 11.6 Å². The van der Waals surface area contributed by atoms with Crippen molar-refractivity contribution in [3.05, 3.63) is 29.8 Å². The number of nitrogens with one attached hydrogen (secondary N) is 2. The Morgan fingerprint density at radius 2 is 1.95 bits per heavy atom. The van der Waals surface area contributed by atoms with Gasteiger partial charge in [-0.1, -0.05) is 0 Å². The van der Waals surface area contributed by atoms with Crippen molar-refractivity contribution in [3.63, 3.8) is 0 Å². The molecule has 116 valence electrons. The highest BCUT2D eigenvalue weighted by Crippen LogP contribution is 2.16. The lowest BCUT2D eigenvalue weighted by molar-refractivity contribution is -0.935. The summed E-state index contributed by atoms with van der Waals surface area (Å²) in [4.78, 5) is 13.0. The molecule has 1 fully saturated rings. The van der Waals surface area contributed by atoms with Gasteiger partial charge in [0.15, 0.2) is 0 Å². The van der Waals surface area contributed by atoms with Crippen LogP contribution in [0.2, 0.25) is 0 Å². The first-order valence-electron chi connectivity index (χ1n) is 7.55. The molecule has 2 rings (SSSR count). The molecule has 5 heteroatoms. The van der Waals surface area contributed by atoms with Gasteiger partial charge in [0, 0.05) is 5.56 Å². The second-order valence-electron chi connectivity index (χ2n) is 5.48. The smallest absolute Gasteiger partial charge is 0.235 e. The van der Waals surface area contributed by atoms with Gasteiger partial charge in [0.25, 0.3) is 0 Å². The predicted octanol–water partition coefficient (Wildman–Crippen LogP) is 1.16. The van der Waals surface area contributed by atoms with Gasteiger partial charge >= 0.3 is 0 Å². The maximum atomic E-state index is 11.5. The summed E-state index contributed by atoms with van der Waals surface area (Å²) in [5.41, 5.74) is 1.24. The maximum absolute atomic E-state index is 11.5. The lowest BCUT2D eigenvalue weighted by atomic mass is 10.0. The Labute approximate surface area is 131 Å². The molecule has 0 unspecified atom stereocenters. The zero-order valence-electron chi connectivity index (χ0n) is 12.5. The molecule has 1 heterocycles. The minimum Gasteiger partial charge on any atom is -0.497 e. The van der Waals surface area contributed by atoms with E-state index in [0.29, 0.717) is 6.54 Å². The van der Waals surface area contributed by atoms with E-state index < -0.39 is 0 Å². The third-order valence-electron chi connectivity index (χ3n) is 4.13. The molecule has 2 N–H and O–H groups in total. The minimum absolute atomic E-state index is 0.0185. The molecule has 1 amide bonds. The number of carbonyl (C=O) groups excluding carboxylic acids is 1. The molecule has 1 aliphatic rings.